The van der Waals surface area contributed by atoms with Crippen molar-refractivity contribution in [2.75, 3.05) is 0 Å². The van der Waals surface area contributed by atoms with Crippen molar-refractivity contribution in [1.29, 1.82) is 0 Å². The first-order valence-corrected chi connectivity index (χ1v) is 7.44. The Morgan fingerprint density at radius 1 is 1.38 bits per heavy atom. The third-order valence-electron chi connectivity index (χ3n) is 5.10. The molecule has 0 aromatic heterocycles. The maximum Gasteiger partial charge on any atom is 0.308 e. The van der Waals surface area contributed by atoms with Gasteiger partial charge < -0.3 is 15.5 Å². The van der Waals surface area contributed by atoms with Gasteiger partial charge in [0, 0.05) is 17.6 Å². The Morgan fingerprint density at radius 3 is 2.81 bits per heavy atom. The SMILES string of the molecule is CC(NC1C2CCC(C2)C1C(=O)O)c1cc(F)ccc1O. The zero-order valence-electron chi connectivity index (χ0n) is 11.9. The van der Waals surface area contributed by atoms with Crippen molar-refractivity contribution in [3.63, 3.8) is 0 Å². The largest absolute Gasteiger partial charge is 0.508 e. The second-order valence-electron chi connectivity index (χ2n) is 6.31. The number of rotatable bonds is 4. The van der Waals surface area contributed by atoms with E-state index in [1.807, 2.05) is 6.92 Å². The number of carboxylic acid groups (broad SMARTS) is 1. The molecule has 2 aliphatic carbocycles. The van der Waals surface area contributed by atoms with Gasteiger partial charge >= 0.3 is 5.97 Å². The molecule has 2 bridgehead atoms. The summed E-state index contributed by atoms with van der Waals surface area (Å²) in [4.78, 5) is 11.5. The van der Waals surface area contributed by atoms with Crippen LogP contribution in [0.5, 0.6) is 5.75 Å². The van der Waals surface area contributed by atoms with E-state index in [9.17, 15) is 19.4 Å². The Balaban J connectivity index is 1.79. The van der Waals surface area contributed by atoms with Crippen LogP contribution < -0.4 is 5.32 Å². The predicted octanol–water partition coefficient (Wildman–Crippen LogP) is 2.68. The van der Waals surface area contributed by atoms with Crippen molar-refractivity contribution in [1.82, 2.24) is 5.32 Å². The lowest BCUT2D eigenvalue weighted by atomic mass is 9.84. The number of halogens is 1. The number of hydrogen-bond acceptors (Lipinski definition) is 3. The number of nitrogens with one attached hydrogen (secondary N) is 1. The van der Waals surface area contributed by atoms with Crippen molar-refractivity contribution in [2.45, 2.75) is 38.3 Å². The maximum atomic E-state index is 13.3. The van der Waals surface area contributed by atoms with Crippen molar-refractivity contribution < 1.29 is 19.4 Å². The number of carboxylic acids is 1. The highest BCUT2D eigenvalue weighted by Crippen LogP contribution is 2.49. The summed E-state index contributed by atoms with van der Waals surface area (Å²) in [5.74, 6) is -0.879. The van der Waals surface area contributed by atoms with E-state index < -0.39 is 11.8 Å². The molecule has 0 spiro atoms. The minimum atomic E-state index is -0.754. The summed E-state index contributed by atoms with van der Waals surface area (Å²) in [5, 5.41) is 22.6. The second kappa shape index (κ2) is 5.30. The van der Waals surface area contributed by atoms with E-state index in [4.69, 9.17) is 0 Å². The second-order valence-corrected chi connectivity index (χ2v) is 6.31. The number of aliphatic carboxylic acids is 1. The van der Waals surface area contributed by atoms with Gasteiger partial charge in [0.15, 0.2) is 0 Å². The van der Waals surface area contributed by atoms with Crippen LogP contribution in [0.15, 0.2) is 18.2 Å². The molecular formula is C16H20FNO3. The fourth-order valence-electron chi connectivity index (χ4n) is 4.14. The lowest BCUT2D eigenvalue weighted by Gasteiger charge is -2.32. The standard InChI is InChI=1S/C16H20FNO3/c1-8(12-7-11(17)4-5-13(12)19)18-15-10-3-2-9(6-10)14(15)16(20)21/h4-5,7-10,14-15,18-19H,2-3,6H2,1H3,(H,20,21). The van der Waals surface area contributed by atoms with Crippen molar-refractivity contribution in [2.24, 2.45) is 17.8 Å². The molecule has 0 radical (unpaired) electrons. The minimum Gasteiger partial charge on any atom is -0.508 e. The molecule has 21 heavy (non-hydrogen) atoms. The monoisotopic (exact) mass is 293 g/mol. The Kier molecular flexibility index (Phi) is 3.61. The number of benzene rings is 1. The van der Waals surface area contributed by atoms with Gasteiger partial charge in [0.05, 0.1) is 5.92 Å². The van der Waals surface area contributed by atoms with E-state index >= 15 is 0 Å². The van der Waals surface area contributed by atoms with E-state index in [0.29, 0.717) is 11.5 Å². The molecule has 5 heteroatoms. The maximum absolute atomic E-state index is 13.3. The van der Waals surface area contributed by atoms with Crippen molar-refractivity contribution in [3.8, 4) is 5.75 Å². The Bertz CT molecular complexity index is 562. The molecule has 3 N–H and O–H groups in total. The van der Waals surface area contributed by atoms with Crippen LogP contribution >= 0.6 is 0 Å². The van der Waals surface area contributed by atoms with Crippen LogP contribution in [0.4, 0.5) is 4.39 Å². The number of carbonyl (C=O) groups is 1. The summed E-state index contributed by atoms with van der Waals surface area (Å²) in [7, 11) is 0. The quantitative estimate of drug-likeness (QED) is 0.798. The van der Waals surface area contributed by atoms with E-state index in [1.165, 1.54) is 18.2 Å². The predicted molar refractivity (Wildman–Crippen MR) is 75.4 cm³/mol. The van der Waals surface area contributed by atoms with Crippen LogP contribution in [0.3, 0.4) is 0 Å². The van der Waals surface area contributed by atoms with Gasteiger partial charge in [-0.2, -0.15) is 0 Å². The summed E-state index contributed by atoms with van der Waals surface area (Å²) in [6.07, 6.45) is 2.99. The third kappa shape index (κ3) is 2.50. The van der Waals surface area contributed by atoms with Crippen LogP contribution in [0.1, 0.15) is 37.8 Å². The molecule has 0 saturated heterocycles. The molecule has 0 amide bonds. The van der Waals surface area contributed by atoms with Crippen LogP contribution in [-0.2, 0) is 4.79 Å². The van der Waals surface area contributed by atoms with Crippen LogP contribution in [0, 0.1) is 23.6 Å². The first kappa shape index (κ1) is 14.3. The number of phenolic OH excluding ortho intramolecular Hbond substituents is 1. The molecule has 4 nitrogen and oxygen atoms in total. The lowest BCUT2D eigenvalue weighted by molar-refractivity contribution is -0.144. The Hall–Kier alpha value is -1.62. The highest BCUT2D eigenvalue weighted by Gasteiger charge is 2.51. The summed E-state index contributed by atoms with van der Waals surface area (Å²) in [5.41, 5.74) is 0.474. The fraction of sp³-hybridized carbons (Fsp3) is 0.562. The molecule has 5 unspecified atom stereocenters. The average Bonchev–Trinajstić information content (AvgIpc) is 3.02. The average molecular weight is 293 g/mol. The summed E-state index contributed by atoms with van der Waals surface area (Å²) < 4.78 is 13.3. The van der Waals surface area contributed by atoms with Crippen molar-refractivity contribution in [3.05, 3.63) is 29.6 Å². The first-order chi connectivity index (χ1) is 9.97. The van der Waals surface area contributed by atoms with Gasteiger partial charge in [-0.1, -0.05) is 0 Å². The topological polar surface area (TPSA) is 69.6 Å². The Morgan fingerprint density at radius 2 is 2.10 bits per heavy atom. The van der Waals surface area contributed by atoms with Gasteiger partial charge in [0.2, 0.25) is 0 Å². The first-order valence-electron chi connectivity index (χ1n) is 7.44. The van der Waals surface area contributed by atoms with Gasteiger partial charge in [-0.25, -0.2) is 4.39 Å². The molecule has 114 valence electrons. The molecule has 1 aromatic rings. The van der Waals surface area contributed by atoms with Gasteiger partial charge in [0.25, 0.3) is 0 Å². The molecule has 2 fully saturated rings. The molecular weight excluding hydrogens is 273 g/mol. The number of fused-ring (bicyclic) bond motifs is 2. The van der Waals surface area contributed by atoms with Gasteiger partial charge in [-0.3, -0.25) is 4.79 Å². The smallest absolute Gasteiger partial charge is 0.308 e. The Labute approximate surface area is 123 Å². The highest BCUT2D eigenvalue weighted by molar-refractivity contribution is 5.72. The fourth-order valence-corrected chi connectivity index (χ4v) is 4.14. The van der Waals surface area contributed by atoms with Gasteiger partial charge in [0.1, 0.15) is 11.6 Å². The number of phenols is 1. The zero-order chi connectivity index (χ0) is 15.1. The molecule has 2 aliphatic rings. The normalized spacial score (nSPS) is 32.3. The summed E-state index contributed by atoms with van der Waals surface area (Å²) >= 11 is 0. The molecule has 1 aromatic carbocycles. The summed E-state index contributed by atoms with van der Waals surface area (Å²) in [6.45, 7) is 1.83. The molecule has 0 heterocycles. The van der Waals surface area contributed by atoms with Crippen molar-refractivity contribution >= 4 is 5.97 Å². The molecule has 3 rings (SSSR count). The minimum absolute atomic E-state index is 0.0337. The lowest BCUT2D eigenvalue weighted by Crippen LogP contribution is -2.45. The van der Waals surface area contributed by atoms with Crippen LogP contribution in [0.25, 0.3) is 0 Å². The number of hydrogen-bond donors (Lipinski definition) is 3. The highest BCUT2D eigenvalue weighted by atomic mass is 19.1. The zero-order valence-corrected chi connectivity index (χ0v) is 11.9. The molecule has 2 saturated carbocycles. The van der Waals surface area contributed by atoms with Gasteiger partial charge in [-0.15, -0.1) is 0 Å². The van der Waals surface area contributed by atoms with Crippen LogP contribution in [0.2, 0.25) is 0 Å². The molecule has 0 aliphatic heterocycles. The van der Waals surface area contributed by atoms with Gasteiger partial charge in [-0.05, 0) is 56.2 Å². The summed E-state index contributed by atoms with van der Waals surface area (Å²) in [6, 6.07) is 3.46. The van der Waals surface area contributed by atoms with E-state index in [-0.39, 0.29) is 29.7 Å². The third-order valence-corrected chi connectivity index (χ3v) is 5.10. The molecule has 5 atom stereocenters. The number of aromatic hydroxyl groups is 1. The van der Waals surface area contributed by atoms with E-state index in [2.05, 4.69) is 5.32 Å². The van der Waals surface area contributed by atoms with E-state index in [1.54, 1.807) is 0 Å². The van der Waals surface area contributed by atoms with Crippen LogP contribution in [-0.4, -0.2) is 22.2 Å². The van der Waals surface area contributed by atoms with E-state index in [0.717, 1.165) is 19.3 Å².